The van der Waals surface area contributed by atoms with Gasteiger partial charge in [0.1, 0.15) is 0 Å². The Hall–Kier alpha value is -3.48. The number of hydrazone groups is 1. The molecule has 176 valence electrons. The van der Waals surface area contributed by atoms with E-state index in [0.29, 0.717) is 24.7 Å². The Labute approximate surface area is 199 Å². The number of carbonyl (C=O) groups is 3. The molecule has 7 heteroatoms. The van der Waals surface area contributed by atoms with E-state index in [2.05, 4.69) is 10.4 Å². The van der Waals surface area contributed by atoms with E-state index in [9.17, 15) is 14.4 Å². The number of hydrogen-bond donors (Lipinski definition) is 1. The van der Waals surface area contributed by atoms with E-state index in [1.165, 1.54) is 5.01 Å². The van der Waals surface area contributed by atoms with Crippen LogP contribution in [0.3, 0.4) is 0 Å². The molecular weight excluding hydrogens is 428 g/mol. The summed E-state index contributed by atoms with van der Waals surface area (Å²) in [6.45, 7) is 1.06. The molecule has 3 amide bonds. The third-order valence-corrected chi connectivity index (χ3v) is 6.54. The molecule has 0 radical (unpaired) electrons. The maximum atomic E-state index is 13.0. The summed E-state index contributed by atoms with van der Waals surface area (Å²) >= 11 is 0. The van der Waals surface area contributed by atoms with Crippen LogP contribution in [0.15, 0.2) is 59.7 Å². The van der Waals surface area contributed by atoms with Crippen LogP contribution in [0, 0.1) is 0 Å². The number of hydrogen-bond acceptors (Lipinski definition) is 4. The van der Waals surface area contributed by atoms with Gasteiger partial charge < -0.3 is 10.2 Å². The Balaban J connectivity index is 1.14. The van der Waals surface area contributed by atoms with E-state index in [1.54, 1.807) is 0 Å². The molecule has 1 aliphatic heterocycles. The van der Waals surface area contributed by atoms with Crippen LogP contribution < -0.4 is 5.32 Å². The van der Waals surface area contributed by atoms with Crippen molar-refractivity contribution in [3.8, 4) is 0 Å². The van der Waals surface area contributed by atoms with Crippen LogP contribution in [0.2, 0.25) is 0 Å². The van der Waals surface area contributed by atoms with Gasteiger partial charge in [0, 0.05) is 43.5 Å². The molecule has 1 heterocycles. The first kappa shape index (κ1) is 22.3. The van der Waals surface area contributed by atoms with Crippen molar-refractivity contribution in [2.24, 2.45) is 5.10 Å². The summed E-state index contributed by atoms with van der Waals surface area (Å²) in [5, 5.41) is 8.98. The minimum atomic E-state index is -0.110. The molecule has 1 N–H and O–H groups in total. The summed E-state index contributed by atoms with van der Waals surface area (Å²) in [7, 11) is 0. The number of carbonyl (C=O) groups excluding carboxylic acids is 3. The first-order valence-corrected chi connectivity index (χ1v) is 12.2. The van der Waals surface area contributed by atoms with Gasteiger partial charge in [-0.1, -0.05) is 42.5 Å². The Morgan fingerprint density at radius 2 is 1.68 bits per heavy atom. The van der Waals surface area contributed by atoms with Crippen molar-refractivity contribution in [2.45, 2.75) is 63.6 Å². The highest BCUT2D eigenvalue weighted by atomic mass is 16.2. The molecular formula is C27H30N4O3. The van der Waals surface area contributed by atoms with E-state index >= 15 is 0 Å². The van der Waals surface area contributed by atoms with Gasteiger partial charge in [-0.05, 0) is 48.9 Å². The van der Waals surface area contributed by atoms with Crippen molar-refractivity contribution in [2.75, 3.05) is 6.54 Å². The van der Waals surface area contributed by atoms with Crippen molar-refractivity contribution in [3.05, 3.63) is 71.3 Å². The summed E-state index contributed by atoms with van der Waals surface area (Å²) in [5.41, 5.74) is 3.58. The first-order chi connectivity index (χ1) is 16.6. The normalized spacial score (nSPS) is 17.3. The fourth-order valence-corrected chi connectivity index (χ4v) is 4.22. The zero-order valence-electron chi connectivity index (χ0n) is 19.3. The topological polar surface area (TPSA) is 82.1 Å². The number of benzene rings is 2. The van der Waals surface area contributed by atoms with Gasteiger partial charge in [-0.25, -0.2) is 5.01 Å². The summed E-state index contributed by atoms with van der Waals surface area (Å²) < 4.78 is 0. The molecule has 2 aliphatic carbocycles. The Morgan fingerprint density at radius 1 is 0.941 bits per heavy atom. The molecule has 2 fully saturated rings. The lowest BCUT2D eigenvalue weighted by atomic mass is 10.1. The standard InChI is InChI=1S/C27H30N4O3/c32-25(14-15-26(33)31-17-16-24(29-31)20-4-2-1-3-5-20)30(23-12-13-23)18-19-6-8-21(9-7-19)27(34)28-22-10-11-22/h1-9,22-23H,10-18H2,(H,28,34). The molecule has 0 atom stereocenters. The van der Waals surface area contributed by atoms with Crippen molar-refractivity contribution in [1.29, 1.82) is 0 Å². The minimum absolute atomic E-state index is 0.00198. The van der Waals surface area contributed by atoms with Crippen LogP contribution >= 0.6 is 0 Å². The molecule has 5 rings (SSSR count). The van der Waals surface area contributed by atoms with Crippen molar-refractivity contribution >= 4 is 23.4 Å². The number of amides is 3. The largest absolute Gasteiger partial charge is 0.349 e. The first-order valence-electron chi connectivity index (χ1n) is 12.2. The lowest BCUT2D eigenvalue weighted by molar-refractivity contribution is -0.137. The molecule has 34 heavy (non-hydrogen) atoms. The molecule has 0 saturated heterocycles. The van der Waals surface area contributed by atoms with Gasteiger partial charge in [-0.15, -0.1) is 0 Å². The molecule has 7 nitrogen and oxygen atoms in total. The van der Waals surface area contributed by atoms with Gasteiger partial charge in [-0.2, -0.15) is 5.10 Å². The van der Waals surface area contributed by atoms with Gasteiger partial charge in [0.2, 0.25) is 11.8 Å². The summed E-state index contributed by atoms with van der Waals surface area (Å²) in [4.78, 5) is 39.8. The molecule has 0 bridgehead atoms. The van der Waals surface area contributed by atoms with Gasteiger partial charge >= 0.3 is 0 Å². The second-order valence-corrected chi connectivity index (χ2v) is 9.38. The average Bonchev–Trinajstić information content (AvgIpc) is 3.81. The maximum Gasteiger partial charge on any atom is 0.251 e. The fourth-order valence-electron chi connectivity index (χ4n) is 4.22. The lowest BCUT2D eigenvalue weighted by Crippen LogP contribution is -2.34. The summed E-state index contributed by atoms with van der Waals surface area (Å²) in [6, 6.07) is 17.9. The number of rotatable bonds is 9. The Morgan fingerprint density at radius 3 is 2.35 bits per heavy atom. The van der Waals surface area contributed by atoms with Crippen molar-refractivity contribution in [3.63, 3.8) is 0 Å². The molecule has 3 aliphatic rings. The molecule has 2 saturated carbocycles. The predicted molar refractivity (Wildman–Crippen MR) is 129 cm³/mol. The predicted octanol–water partition coefficient (Wildman–Crippen LogP) is 3.49. The smallest absolute Gasteiger partial charge is 0.251 e. The van der Waals surface area contributed by atoms with Crippen LogP contribution in [-0.2, 0) is 16.1 Å². The third-order valence-electron chi connectivity index (χ3n) is 6.54. The van der Waals surface area contributed by atoms with Crippen LogP contribution in [-0.4, -0.2) is 52.0 Å². The zero-order chi connectivity index (χ0) is 23.5. The van der Waals surface area contributed by atoms with Crippen LogP contribution in [0.1, 0.15) is 66.4 Å². The van der Waals surface area contributed by atoms with E-state index in [1.807, 2.05) is 59.5 Å². The van der Waals surface area contributed by atoms with Crippen molar-refractivity contribution < 1.29 is 14.4 Å². The maximum absolute atomic E-state index is 13.0. The Kier molecular flexibility index (Phi) is 6.43. The highest BCUT2D eigenvalue weighted by molar-refractivity contribution is 6.02. The molecule has 0 spiro atoms. The minimum Gasteiger partial charge on any atom is -0.349 e. The fraction of sp³-hybridized carbons (Fsp3) is 0.407. The molecule has 0 aromatic heterocycles. The van der Waals surface area contributed by atoms with Gasteiger partial charge in [-0.3, -0.25) is 14.4 Å². The SMILES string of the molecule is O=C(NC1CC1)c1ccc(CN(C(=O)CCC(=O)N2CCC(c3ccccc3)=N2)C2CC2)cc1. The quantitative estimate of drug-likeness (QED) is 0.625. The van der Waals surface area contributed by atoms with Gasteiger partial charge in [0.25, 0.3) is 5.91 Å². The monoisotopic (exact) mass is 458 g/mol. The highest BCUT2D eigenvalue weighted by Gasteiger charge is 2.33. The van der Waals surface area contributed by atoms with E-state index < -0.39 is 0 Å². The number of nitrogens with one attached hydrogen (secondary N) is 1. The van der Waals surface area contributed by atoms with E-state index in [4.69, 9.17) is 0 Å². The number of nitrogens with zero attached hydrogens (tertiary/aromatic N) is 3. The van der Waals surface area contributed by atoms with Gasteiger partial charge in [0.05, 0.1) is 12.3 Å². The average molecular weight is 459 g/mol. The van der Waals surface area contributed by atoms with Crippen molar-refractivity contribution in [1.82, 2.24) is 15.2 Å². The molecule has 2 aromatic carbocycles. The van der Waals surface area contributed by atoms with Crippen LogP contribution in [0.25, 0.3) is 0 Å². The molecule has 0 unspecified atom stereocenters. The van der Waals surface area contributed by atoms with Crippen LogP contribution in [0.4, 0.5) is 0 Å². The van der Waals surface area contributed by atoms with Crippen LogP contribution in [0.5, 0.6) is 0 Å². The molecule has 2 aromatic rings. The highest BCUT2D eigenvalue weighted by Crippen LogP contribution is 2.29. The zero-order valence-corrected chi connectivity index (χ0v) is 19.3. The summed E-state index contributed by atoms with van der Waals surface area (Å²) in [5.74, 6) is -0.151. The summed E-state index contributed by atoms with van der Waals surface area (Å²) in [6.07, 6.45) is 5.19. The van der Waals surface area contributed by atoms with E-state index in [0.717, 1.165) is 48.9 Å². The van der Waals surface area contributed by atoms with Gasteiger partial charge in [0.15, 0.2) is 0 Å². The second kappa shape index (κ2) is 9.79. The van der Waals surface area contributed by atoms with E-state index in [-0.39, 0.29) is 36.6 Å². The lowest BCUT2D eigenvalue weighted by Gasteiger charge is -2.23. The second-order valence-electron chi connectivity index (χ2n) is 9.38. The third kappa shape index (κ3) is 5.53. The Bertz CT molecular complexity index is 1090.